The molecule has 1 atom stereocenters. The fraction of sp³-hybridized carbons (Fsp3) is 0.522. The average Bonchev–Trinajstić information content (AvgIpc) is 3.50. The van der Waals surface area contributed by atoms with Crippen LogP contribution in [0.3, 0.4) is 0 Å². The summed E-state index contributed by atoms with van der Waals surface area (Å²) < 4.78 is 11.1. The Labute approximate surface area is 180 Å². The van der Waals surface area contributed by atoms with Crippen LogP contribution in [0.2, 0.25) is 0 Å². The van der Waals surface area contributed by atoms with Crippen molar-refractivity contribution in [1.29, 1.82) is 0 Å². The van der Waals surface area contributed by atoms with Gasteiger partial charge in [-0.3, -0.25) is 19.3 Å². The number of fused-ring (bicyclic) bond motifs is 1. The molecule has 2 aromatic rings. The maximum atomic E-state index is 12.9. The quantitative estimate of drug-likeness (QED) is 0.593. The van der Waals surface area contributed by atoms with Crippen molar-refractivity contribution in [3.8, 4) is 0 Å². The second kappa shape index (κ2) is 9.09. The van der Waals surface area contributed by atoms with Gasteiger partial charge in [0.05, 0.1) is 11.7 Å². The maximum Gasteiger partial charge on any atom is 0.312 e. The van der Waals surface area contributed by atoms with Crippen molar-refractivity contribution in [3.05, 3.63) is 36.1 Å². The van der Waals surface area contributed by atoms with Gasteiger partial charge < -0.3 is 19.2 Å². The molecular weight excluding hydrogens is 400 g/mol. The Hall–Kier alpha value is -2.87. The normalized spacial score (nSPS) is 22.9. The fourth-order valence-corrected chi connectivity index (χ4v) is 5.02. The van der Waals surface area contributed by atoms with Gasteiger partial charge in [-0.05, 0) is 63.0 Å². The number of cyclic esters (lactones) is 1. The zero-order chi connectivity index (χ0) is 21.8. The topological polar surface area (TPSA) is 100 Å². The lowest BCUT2D eigenvalue weighted by Crippen LogP contribution is -2.45. The largest absolute Gasteiger partial charge is 0.483 e. The van der Waals surface area contributed by atoms with Gasteiger partial charge in [0.2, 0.25) is 0 Å². The molecule has 1 aromatic carbocycles. The van der Waals surface area contributed by atoms with Crippen LogP contribution >= 0.6 is 0 Å². The van der Waals surface area contributed by atoms with Crippen LogP contribution in [0.15, 0.2) is 34.9 Å². The van der Waals surface area contributed by atoms with Gasteiger partial charge in [-0.1, -0.05) is 0 Å². The summed E-state index contributed by atoms with van der Waals surface area (Å²) in [7, 11) is 0. The lowest BCUT2D eigenvalue weighted by atomic mass is 9.76. The monoisotopic (exact) mass is 428 g/mol. The second-order valence-corrected chi connectivity index (χ2v) is 8.59. The van der Waals surface area contributed by atoms with Crippen molar-refractivity contribution >= 4 is 29.3 Å². The van der Waals surface area contributed by atoms with Crippen molar-refractivity contribution in [2.24, 2.45) is 5.41 Å². The number of ether oxygens (including phenoxy) is 1. The number of benzene rings is 1. The highest BCUT2D eigenvalue weighted by atomic mass is 16.6. The first-order chi connectivity index (χ1) is 15.0. The van der Waals surface area contributed by atoms with Gasteiger partial charge >= 0.3 is 5.97 Å². The van der Waals surface area contributed by atoms with Crippen LogP contribution in [0.5, 0.6) is 0 Å². The first-order valence-electron chi connectivity index (χ1n) is 10.8. The third-order valence-corrected chi connectivity index (χ3v) is 6.69. The number of amides is 1. The SMILES string of the molecule is O=C(c1ccc2occc2c1)N1CCC2(CC1)CC(CN1CCCC1)OC2=O.O=CO. The third kappa shape index (κ3) is 4.44. The summed E-state index contributed by atoms with van der Waals surface area (Å²) in [5, 5.41) is 7.82. The summed E-state index contributed by atoms with van der Waals surface area (Å²) in [5.41, 5.74) is 1.06. The molecule has 3 aliphatic heterocycles. The summed E-state index contributed by atoms with van der Waals surface area (Å²) in [5.74, 6) is -0.0263. The van der Waals surface area contributed by atoms with E-state index >= 15 is 0 Å². The van der Waals surface area contributed by atoms with Crippen LogP contribution in [0.25, 0.3) is 11.0 Å². The van der Waals surface area contributed by atoms with E-state index in [1.54, 1.807) is 6.26 Å². The Balaban J connectivity index is 0.000000730. The molecule has 5 rings (SSSR count). The van der Waals surface area contributed by atoms with E-state index in [2.05, 4.69) is 4.90 Å². The number of carbonyl (C=O) groups is 3. The molecule has 0 aliphatic carbocycles. The molecule has 8 heteroatoms. The third-order valence-electron chi connectivity index (χ3n) is 6.69. The molecular formula is C23H28N2O6. The van der Waals surface area contributed by atoms with Crippen molar-refractivity contribution in [2.45, 2.75) is 38.2 Å². The molecule has 0 saturated carbocycles. The van der Waals surface area contributed by atoms with Crippen molar-refractivity contribution in [2.75, 3.05) is 32.7 Å². The molecule has 3 fully saturated rings. The number of carboxylic acid groups (broad SMARTS) is 1. The molecule has 31 heavy (non-hydrogen) atoms. The number of hydrogen-bond donors (Lipinski definition) is 1. The Kier molecular flexibility index (Phi) is 6.27. The molecule has 0 bridgehead atoms. The van der Waals surface area contributed by atoms with E-state index < -0.39 is 5.41 Å². The van der Waals surface area contributed by atoms with E-state index in [-0.39, 0.29) is 24.5 Å². The average molecular weight is 428 g/mol. The first kappa shape index (κ1) is 21.4. The molecule has 3 aliphatic rings. The Morgan fingerprint density at radius 3 is 2.58 bits per heavy atom. The van der Waals surface area contributed by atoms with Crippen LogP contribution in [0.1, 0.15) is 42.5 Å². The van der Waals surface area contributed by atoms with Gasteiger partial charge in [0.25, 0.3) is 12.4 Å². The summed E-state index contributed by atoms with van der Waals surface area (Å²) in [6, 6.07) is 7.40. The molecule has 0 radical (unpaired) electrons. The van der Waals surface area contributed by atoms with E-state index in [9.17, 15) is 9.59 Å². The highest BCUT2D eigenvalue weighted by Crippen LogP contribution is 2.43. The molecule has 1 unspecified atom stereocenters. The molecule has 1 N–H and O–H groups in total. The van der Waals surface area contributed by atoms with E-state index in [1.165, 1.54) is 12.8 Å². The highest BCUT2D eigenvalue weighted by molar-refractivity contribution is 5.98. The van der Waals surface area contributed by atoms with Crippen molar-refractivity contribution in [3.63, 3.8) is 0 Å². The number of nitrogens with zero attached hydrogens (tertiary/aromatic N) is 2. The summed E-state index contributed by atoms with van der Waals surface area (Å²) in [4.78, 5) is 38.2. The lowest BCUT2D eigenvalue weighted by Gasteiger charge is -2.36. The Morgan fingerprint density at radius 2 is 1.87 bits per heavy atom. The van der Waals surface area contributed by atoms with Gasteiger partial charge in [0.1, 0.15) is 11.7 Å². The molecule has 1 aromatic heterocycles. The number of furan rings is 1. The zero-order valence-corrected chi connectivity index (χ0v) is 17.5. The van der Waals surface area contributed by atoms with Crippen LogP contribution in [0.4, 0.5) is 0 Å². The first-order valence-corrected chi connectivity index (χ1v) is 10.8. The van der Waals surface area contributed by atoms with Crippen molar-refractivity contribution < 1.29 is 28.6 Å². The number of piperidine rings is 1. The molecule has 8 nitrogen and oxygen atoms in total. The van der Waals surface area contributed by atoms with Gasteiger partial charge in [-0.25, -0.2) is 0 Å². The van der Waals surface area contributed by atoms with Gasteiger partial charge in [-0.15, -0.1) is 0 Å². The molecule has 3 saturated heterocycles. The highest BCUT2D eigenvalue weighted by Gasteiger charge is 2.51. The Morgan fingerprint density at radius 1 is 1.16 bits per heavy atom. The van der Waals surface area contributed by atoms with Crippen LogP contribution in [-0.4, -0.2) is 72.1 Å². The fourth-order valence-electron chi connectivity index (χ4n) is 5.02. The zero-order valence-electron chi connectivity index (χ0n) is 17.5. The van der Waals surface area contributed by atoms with E-state index in [0.29, 0.717) is 31.5 Å². The summed E-state index contributed by atoms with van der Waals surface area (Å²) in [6.07, 6.45) is 6.32. The van der Waals surface area contributed by atoms with E-state index in [1.807, 2.05) is 29.2 Å². The number of likely N-dealkylation sites (tertiary alicyclic amines) is 2. The van der Waals surface area contributed by atoms with Crippen LogP contribution in [0, 0.1) is 5.41 Å². The minimum absolute atomic E-state index is 0.0105. The van der Waals surface area contributed by atoms with Gasteiger partial charge in [-0.2, -0.15) is 0 Å². The number of esters is 1. The molecule has 1 spiro atoms. The maximum absolute atomic E-state index is 12.9. The smallest absolute Gasteiger partial charge is 0.312 e. The number of hydrogen-bond acceptors (Lipinski definition) is 6. The lowest BCUT2D eigenvalue weighted by molar-refractivity contribution is -0.151. The Bertz CT molecular complexity index is 940. The standard InChI is InChI=1S/C22H26N2O4.CH2O2/c25-20(17-3-4-19-16(13-17)5-12-27-19)24-10-6-22(7-11-24)14-18(28-21(22)26)15-23-8-1-2-9-23;2-1-3/h3-5,12-13,18H,1-2,6-11,14-15H2;1H,(H,2,3). The second-order valence-electron chi connectivity index (χ2n) is 8.59. The van der Waals surface area contributed by atoms with E-state index in [4.69, 9.17) is 19.1 Å². The molecule has 166 valence electrons. The minimum Gasteiger partial charge on any atom is -0.483 e. The van der Waals surface area contributed by atoms with E-state index in [0.717, 1.165) is 37.0 Å². The molecule has 4 heterocycles. The summed E-state index contributed by atoms with van der Waals surface area (Å²) >= 11 is 0. The van der Waals surface area contributed by atoms with Gasteiger partial charge in [0, 0.05) is 37.0 Å². The minimum atomic E-state index is -0.393. The predicted molar refractivity (Wildman–Crippen MR) is 113 cm³/mol. The predicted octanol–water partition coefficient (Wildman–Crippen LogP) is 2.77. The number of rotatable bonds is 3. The van der Waals surface area contributed by atoms with Gasteiger partial charge in [0.15, 0.2) is 0 Å². The van der Waals surface area contributed by atoms with Crippen LogP contribution in [-0.2, 0) is 14.3 Å². The number of carbonyl (C=O) groups excluding carboxylic acids is 2. The summed E-state index contributed by atoms with van der Waals surface area (Å²) in [6.45, 7) is 4.05. The van der Waals surface area contributed by atoms with Crippen molar-refractivity contribution in [1.82, 2.24) is 9.80 Å². The van der Waals surface area contributed by atoms with Crippen LogP contribution < -0.4 is 0 Å². The molecule has 1 amide bonds.